The van der Waals surface area contributed by atoms with E-state index in [0.717, 1.165) is 35.7 Å². The molecule has 5 rings (SSSR count). The maximum atomic E-state index is 14.2. The number of aromatic nitrogens is 1. The highest BCUT2D eigenvalue weighted by Crippen LogP contribution is 2.41. The maximum Gasteiger partial charge on any atom is 0.410 e. The number of ether oxygens (including phenoxy) is 2. The standard InChI is InChI=1S/C31H36FN3O4/c1-21-14-15-22(32)20-26(21)38-29-27(24-12-8-9-13-25(24)35(29)23-10-6-5-7-11-23)28(36)33-16-18-34(19-17-33)30(37)39-31(2,3)4/h6,8-10,12-15,20,23H,5,7,11,16-19H2,1-4H3. The number of fused-ring (bicyclic) bond motifs is 1. The fourth-order valence-electron chi connectivity index (χ4n) is 5.25. The van der Waals surface area contributed by atoms with Crippen LogP contribution in [0.2, 0.25) is 0 Å². The zero-order valence-corrected chi connectivity index (χ0v) is 23.1. The van der Waals surface area contributed by atoms with Crippen LogP contribution in [0.3, 0.4) is 0 Å². The average molecular weight is 534 g/mol. The van der Waals surface area contributed by atoms with Gasteiger partial charge in [0.25, 0.3) is 5.91 Å². The van der Waals surface area contributed by atoms with Crippen LogP contribution in [-0.2, 0) is 4.74 Å². The zero-order chi connectivity index (χ0) is 27.7. The Hall–Kier alpha value is -3.81. The number of hydrogen-bond donors (Lipinski definition) is 0. The number of amides is 2. The first-order valence-corrected chi connectivity index (χ1v) is 13.6. The summed E-state index contributed by atoms with van der Waals surface area (Å²) in [6, 6.07) is 12.3. The van der Waals surface area contributed by atoms with Crippen molar-refractivity contribution >= 4 is 22.9 Å². The van der Waals surface area contributed by atoms with Gasteiger partial charge in [-0.3, -0.25) is 4.79 Å². The third-order valence-corrected chi connectivity index (χ3v) is 7.22. The average Bonchev–Trinajstić information content (AvgIpc) is 3.23. The Morgan fingerprint density at radius 3 is 2.41 bits per heavy atom. The number of halogens is 1. The van der Waals surface area contributed by atoms with Crippen molar-refractivity contribution in [2.24, 2.45) is 0 Å². The van der Waals surface area contributed by atoms with Gasteiger partial charge in [0.05, 0.1) is 11.6 Å². The van der Waals surface area contributed by atoms with Crippen LogP contribution in [0.5, 0.6) is 11.6 Å². The van der Waals surface area contributed by atoms with Gasteiger partial charge < -0.3 is 23.8 Å². The molecule has 8 heteroatoms. The molecule has 7 nitrogen and oxygen atoms in total. The van der Waals surface area contributed by atoms with Gasteiger partial charge >= 0.3 is 6.09 Å². The number of rotatable bonds is 4. The lowest BCUT2D eigenvalue weighted by molar-refractivity contribution is 0.0140. The highest BCUT2D eigenvalue weighted by atomic mass is 19.1. The molecule has 1 aliphatic carbocycles. The monoisotopic (exact) mass is 533 g/mol. The van der Waals surface area contributed by atoms with Gasteiger partial charge in [0.1, 0.15) is 22.7 Å². The Bertz CT molecular complexity index is 1410. The Kier molecular flexibility index (Phi) is 7.38. The van der Waals surface area contributed by atoms with E-state index in [2.05, 4.69) is 16.7 Å². The molecule has 1 unspecified atom stereocenters. The summed E-state index contributed by atoms with van der Waals surface area (Å²) in [5, 5.41) is 0.792. The molecule has 1 saturated heterocycles. The predicted molar refractivity (Wildman–Crippen MR) is 149 cm³/mol. The van der Waals surface area contributed by atoms with E-state index >= 15 is 0 Å². The quantitative estimate of drug-likeness (QED) is 0.344. The summed E-state index contributed by atoms with van der Waals surface area (Å²) >= 11 is 0. The second-order valence-electron chi connectivity index (χ2n) is 11.3. The van der Waals surface area contributed by atoms with Gasteiger partial charge in [-0.25, -0.2) is 9.18 Å². The topological polar surface area (TPSA) is 64.0 Å². The summed E-state index contributed by atoms with van der Waals surface area (Å²) in [5.74, 6) is 0.225. The van der Waals surface area contributed by atoms with Crippen molar-refractivity contribution in [3.8, 4) is 11.6 Å². The number of nitrogens with zero attached hydrogens (tertiary/aromatic N) is 3. The highest BCUT2D eigenvalue weighted by Gasteiger charge is 2.33. The number of carbonyl (C=O) groups excluding carboxylic acids is 2. The van der Waals surface area contributed by atoms with Crippen LogP contribution in [0.1, 0.15) is 62.0 Å². The first-order valence-electron chi connectivity index (χ1n) is 13.6. The van der Waals surface area contributed by atoms with Crippen molar-refractivity contribution in [2.75, 3.05) is 26.2 Å². The molecule has 2 aliphatic rings. The number of aryl methyl sites for hydroxylation is 1. The van der Waals surface area contributed by atoms with Gasteiger partial charge in [0.2, 0.25) is 5.88 Å². The number of hydrogen-bond acceptors (Lipinski definition) is 4. The minimum Gasteiger partial charge on any atom is -0.444 e. The number of allylic oxidation sites excluding steroid dienone is 2. The van der Waals surface area contributed by atoms with Crippen molar-refractivity contribution in [3.63, 3.8) is 0 Å². The molecule has 1 aliphatic heterocycles. The lowest BCUT2D eigenvalue weighted by Gasteiger charge is -2.35. The summed E-state index contributed by atoms with van der Waals surface area (Å²) in [4.78, 5) is 30.2. The molecule has 0 bridgehead atoms. The van der Waals surface area contributed by atoms with Crippen molar-refractivity contribution in [1.82, 2.24) is 14.4 Å². The second kappa shape index (κ2) is 10.8. The van der Waals surface area contributed by atoms with Crippen molar-refractivity contribution in [1.29, 1.82) is 0 Å². The summed E-state index contributed by atoms with van der Waals surface area (Å²) in [6.45, 7) is 8.88. The number of benzene rings is 2. The first kappa shape index (κ1) is 26.8. The first-order chi connectivity index (χ1) is 18.6. The van der Waals surface area contributed by atoms with Crippen LogP contribution in [0.4, 0.5) is 9.18 Å². The molecule has 0 radical (unpaired) electrons. The SMILES string of the molecule is Cc1ccc(F)cc1Oc1c(C(=O)N2CCN(C(=O)OC(C)(C)C)CC2)c2ccccc2n1C1C=CCCC1. The lowest BCUT2D eigenvalue weighted by Crippen LogP contribution is -2.51. The number of carbonyl (C=O) groups is 2. The molecule has 1 fully saturated rings. The van der Waals surface area contributed by atoms with Crippen LogP contribution >= 0.6 is 0 Å². The molecule has 3 aromatic rings. The largest absolute Gasteiger partial charge is 0.444 e. The van der Waals surface area contributed by atoms with Crippen LogP contribution in [-0.4, -0.2) is 58.1 Å². The van der Waals surface area contributed by atoms with Crippen LogP contribution in [0.25, 0.3) is 10.9 Å². The Labute approximate surface area is 228 Å². The third kappa shape index (κ3) is 5.65. The molecule has 206 valence electrons. The molecule has 2 amide bonds. The van der Waals surface area contributed by atoms with E-state index < -0.39 is 11.4 Å². The van der Waals surface area contributed by atoms with Crippen molar-refractivity contribution in [3.05, 3.63) is 71.6 Å². The van der Waals surface area contributed by atoms with Gasteiger partial charge in [-0.05, 0) is 64.7 Å². The Balaban J connectivity index is 1.53. The van der Waals surface area contributed by atoms with E-state index in [9.17, 15) is 14.0 Å². The fourth-order valence-corrected chi connectivity index (χ4v) is 5.25. The van der Waals surface area contributed by atoms with E-state index in [1.54, 1.807) is 15.9 Å². The van der Waals surface area contributed by atoms with Crippen LogP contribution in [0.15, 0.2) is 54.6 Å². The third-order valence-electron chi connectivity index (χ3n) is 7.22. The number of piperazine rings is 1. The normalized spacial score (nSPS) is 17.9. The predicted octanol–water partition coefficient (Wildman–Crippen LogP) is 6.86. The highest BCUT2D eigenvalue weighted by molar-refractivity contribution is 6.10. The minimum atomic E-state index is -0.583. The van der Waals surface area contributed by atoms with E-state index in [0.29, 0.717) is 43.4 Å². The van der Waals surface area contributed by atoms with Gasteiger partial charge in [-0.15, -0.1) is 0 Å². The van der Waals surface area contributed by atoms with Gasteiger partial charge in [0.15, 0.2) is 0 Å². The summed E-state index contributed by atoms with van der Waals surface area (Å²) in [5.41, 5.74) is 1.55. The number of para-hydroxylation sites is 1. The second-order valence-corrected chi connectivity index (χ2v) is 11.3. The molecular formula is C31H36FN3O4. The molecule has 39 heavy (non-hydrogen) atoms. The summed E-state index contributed by atoms with van der Waals surface area (Å²) < 4.78 is 28.3. The van der Waals surface area contributed by atoms with Crippen molar-refractivity contribution in [2.45, 2.75) is 58.6 Å². The van der Waals surface area contributed by atoms with Gasteiger partial charge in [0, 0.05) is 37.6 Å². The van der Waals surface area contributed by atoms with E-state index in [1.807, 2.05) is 52.0 Å². The molecule has 0 spiro atoms. The maximum absolute atomic E-state index is 14.2. The van der Waals surface area contributed by atoms with Gasteiger partial charge in [-0.1, -0.05) is 36.4 Å². The summed E-state index contributed by atoms with van der Waals surface area (Å²) in [6.07, 6.45) is 6.91. The molecular weight excluding hydrogens is 497 g/mol. The minimum absolute atomic E-state index is 0.0121. The van der Waals surface area contributed by atoms with Gasteiger partial charge in [-0.2, -0.15) is 0 Å². The smallest absolute Gasteiger partial charge is 0.410 e. The zero-order valence-electron chi connectivity index (χ0n) is 23.1. The molecule has 2 aromatic carbocycles. The van der Waals surface area contributed by atoms with E-state index in [1.165, 1.54) is 12.1 Å². The van der Waals surface area contributed by atoms with E-state index in [-0.39, 0.29) is 18.0 Å². The molecule has 2 heterocycles. The molecule has 0 N–H and O–H groups in total. The Morgan fingerprint density at radius 2 is 1.72 bits per heavy atom. The lowest BCUT2D eigenvalue weighted by atomic mass is 10.0. The van der Waals surface area contributed by atoms with Crippen LogP contribution < -0.4 is 4.74 Å². The molecule has 1 atom stereocenters. The fraction of sp³-hybridized carbons (Fsp3) is 0.419. The van der Waals surface area contributed by atoms with Crippen molar-refractivity contribution < 1.29 is 23.5 Å². The van der Waals surface area contributed by atoms with Crippen LogP contribution in [0, 0.1) is 12.7 Å². The Morgan fingerprint density at radius 1 is 1.00 bits per heavy atom. The summed E-state index contributed by atoms with van der Waals surface area (Å²) in [7, 11) is 0. The molecule has 0 saturated carbocycles. The van der Waals surface area contributed by atoms with E-state index in [4.69, 9.17) is 9.47 Å². The molecule has 1 aromatic heterocycles.